The fourth-order valence-electron chi connectivity index (χ4n) is 4.41. The molecule has 0 aromatic carbocycles. The van der Waals surface area contributed by atoms with E-state index in [1.165, 1.54) is 30.3 Å². The Morgan fingerprint density at radius 3 is 2.30 bits per heavy atom. The molecule has 0 spiro atoms. The van der Waals surface area contributed by atoms with E-state index in [1.54, 1.807) is 33.2 Å². The van der Waals surface area contributed by atoms with Gasteiger partial charge in [0.2, 0.25) is 0 Å². The Kier molecular flexibility index (Phi) is 10.9. The molecule has 0 aliphatic heterocycles. The Balaban J connectivity index is 2.11. The lowest BCUT2D eigenvalue weighted by Crippen LogP contribution is -2.44. The van der Waals surface area contributed by atoms with E-state index in [0.29, 0.717) is 37.1 Å². The van der Waals surface area contributed by atoms with Crippen LogP contribution in [0, 0.1) is 11.8 Å². The molecule has 2 atom stereocenters. The van der Waals surface area contributed by atoms with Gasteiger partial charge in [0, 0.05) is 37.9 Å². The first-order chi connectivity index (χ1) is 17.2. The van der Waals surface area contributed by atoms with Crippen LogP contribution >= 0.6 is 11.3 Å². The molecule has 2 rings (SSSR count). The first-order valence-electron chi connectivity index (χ1n) is 12.7. The number of carbonyl (C=O) groups excluding carboxylic acids is 4. The van der Waals surface area contributed by atoms with Gasteiger partial charge in [-0.1, -0.05) is 13.8 Å². The number of nitrogens with one attached hydrogen (secondary N) is 1. The fraction of sp³-hybridized carbons (Fsp3) is 0.731. The summed E-state index contributed by atoms with van der Waals surface area (Å²) in [5.41, 5.74) is -0.396. The minimum Gasteiger partial charge on any atom is -0.469 e. The Labute approximate surface area is 223 Å². The van der Waals surface area contributed by atoms with Crippen molar-refractivity contribution in [2.24, 2.45) is 11.8 Å². The highest BCUT2D eigenvalue weighted by Crippen LogP contribution is 2.31. The first kappa shape index (κ1) is 30.5. The molecule has 37 heavy (non-hydrogen) atoms. The first-order valence-corrected chi connectivity index (χ1v) is 13.6. The molecular formula is C26H41N3O7S. The van der Waals surface area contributed by atoms with Crippen LogP contribution in [0.3, 0.4) is 0 Å². The molecule has 1 aromatic rings. The summed E-state index contributed by atoms with van der Waals surface area (Å²) in [6.45, 7) is 10.7. The second-order valence-electron chi connectivity index (χ2n) is 10.9. The van der Waals surface area contributed by atoms with Crippen LogP contribution in [-0.2, 0) is 23.8 Å². The van der Waals surface area contributed by atoms with E-state index in [0.717, 1.165) is 0 Å². The van der Waals surface area contributed by atoms with E-state index in [2.05, 4.69) is 10.3 Å². The van der Waals surface area contributed by atoms with Gasteiger partial charge in [-0.3, -0.25) is 14.4 Å². The van der Waals surface area contributed by atoms with Gasteiger partial charge in [0.1, 0.15) is 16.3 Å². The highest BCUT2D eigenvalue weighted by atomic mass is 32.1. The molecule has 0 saturated heterocycles. The standard InChI is InChI=1S/C26H41N3O7S/c1-15(2)20(29(7)25(33)36-26(4,5)6)13-21(35-16(3)30)23-28-19(14-37-23)22(31)27-18-11-9-17(10-12-18)24(32)34-8/h14-15,17-18,20-21H,9-13H2,1-8H3,(H,27,31)/t17?,18?,20-,21-/m1/s1. The van der Waals surface area contributed by atoms with E-state index < -0.39 is 23.8 Å². The van der Waals surface area contributed by atoms with Gasteiger partial charge in [-0.25, -0.2) is 9.78 Å². The molecule has 1 fully saturated rings. The molecule has 11 heteroatoms. The lowest BCUT2D eigenvalue weighted by Gasteiger charge is -2.34. The summed E-state index contributed by atoms with van der Waals surface area (Å²) in [6.07, 6.45) is 1.81. The summed E-state index contributed by atoms with van der Waals surface area (Å²) >= 11 is 1.24. The third-order valence-corrected chi connectivity index (χ3v) is 7.28. The van der Waals surface area contributed by atoms with Crippen molar-refractivity contribution in [3.05, 3.63) is 16.1 Å². The average Bonchev–Trinajstić information content (AvgIpc) is 3.30. The Morgan fingerprint density at radius 2 is 1.78 bits per heavy atom. The summed E-state index contributed by atoms with van der Waals surface area (Å²) in [5.74, 6) is -1.07. The van der Waals surface area contributed by atoms with E-state index in [9.17, 15) is 19.2 Å². The zero-order valence-electron chi connectivity index (χ0n) is 23.2. The SMILES string of the molecule is COC(=O)C1CCC(NC(=O)c2csc([C@@H](C[C@H](C(C)C)N(C)C(=O)OC(C)(C)C)OC(C)=O)n2)CC1. The molecule has 1 aromatic heterocycles. The molecule has 0 radical (unpaired) electrons. The van der Waals surface area contributed by atoms with Crippen LogP contribution in [0.2, 0.25) is 0 Å². The molecule has 208 valence electrons. The van der Waals surface area contributed by atoms with Gasteiger partial charge in [0.05, 0.1) is 13.0 Å². The van der Waals surface area contributed by atoms with E-state index >= 15 is 0 Å². The Hall–Kier alpha value is -2.69. The molecule has 1 aliphatic carbocycles. The van der Waals surface area contributed by atoms with Crippen molar-refractivity contribution in [3.8, 4) is 0 Å². The van der Waals surface area contributed by atoms with Gasteiger partial charge in [0.15, 0.2) is 6.10 Å². The van der Waals surface area contributed by atoms with Crippen molar-refractivity contribution >= 4 is 35.3 Å². The summed E-state index contributed by atoms with van der Waals surface area (Å²) in [4.78, 5) is 55.2. The number of carbonyl (C=O) groups is 4. The third kappa shape index (κ3) is 9.28. The topological polar surface area (TPSA) is 124 Å². The monoisotopic (exact) mass is 539 g/mol. The number of hydrogen-bond acceptors (Lipinski definition) is 9. The molecule has 1 heterocycles. The van der Waals surface area contributed by atoms with Crippen LogP contribution < -0.4 is 5.32 Å². The number of hydrogen-bond donors (Lipinski definition) is 1. The highest BCUT2D eigenvalue weighted by Gasteiger charge is 2.33. The second kappa shape index (κ2) is 13.2. The van der Waals surface area contributed by atoms with Crippen LogP contribution in [0.1, 0.15) is 95.2 Å². The zero-order valence-corrected chi connectivity index (χ0v) is 24.0. The number of amides is 2. The van der Waals surface area contributed by atoms with Crippen molar-refractivity contribution < 1.29 is 33.4 Å². The van der Waals surface area contributed by atoms with E-state index in [-0.39, 0.29) is 41.5 Å². The minimum atomic E-state index is -0.725. The summed E-state index contributed by atoms with van der Waals surface area (Å²) in [5, 5.41) is 5.12. The predicted octanol–water partition coefficient (Wildman–Crippen LogP) is 4.49. The summed E-state index contributed by atoms with van der Waals surface area (Å²) < 4.78 is 15.9. The molecular weight excluding hydrogens is 498 g/mol. The maximum Gasteiger partial charge on any atom is 0.410 e. The lowest BCUT2D eigenvalue weighted by molar-refractivity contribution is -0.148. The van der Waals surface area contributed by atoms with Crippen LogP contribution in [-0.4, -0.2) is 65.7 Å². The van der Waals surface area contributed by atoms with Crippen molar-refractivity contribution in [2.75, 3.05) is 14.2 Å². The second-order valence-corrected chi connectivity index (χ2v) is 11.7. The summed E-state index contributed by atoms with van der Waals surface area (Å²) in [6, 6.07) is -0.346. The third-order valence-electron chi connectivity index (χ3n) is 6.34. The Morgan fingerprint density at radius 1 is 1.16 bits per heavy atom. The molecule has 0 bridgehead atoms. The smallest absolute Gasteiger partial charge is 0.410 e. The molecule has 0 unspecified atom stereocenters. The zero-order chi connectivity index (χ0) is 27.9. The van der Waals surface area contributed by atoms with Crippen molar-refractivity contribution in [2.45, 2.75) is 97.4 Å². The van der Waals surface area contributed by atoms with Crippen LogP contribution in [0.25, 0.3) is 0 Å². The highest BCUT2D eigenvalue weighted by molar-refractivity contribution is 7.09. The number of nitrogens with zero attached hydrogens (tertiary/aromatic N) is 2. The predicted molar refractivity (Wildman–Crippen MR) is 139 cm³/mol. The molecule has 1 N–H and O–H groups in total. The Bertz CT molecular complexity index is 948. The number of ether oxygens (including phenoxy) is 3. The summed E-state index contributed by atoms with van der Waals surface area (Å²) in [7, 11) is 3.05. The number of esters is 2. The normalized spacial score (nSPS) is 19.5. The largest absolute Gasteiger partial charge is 0.469 e. The average molecular weight is 540 g/mol. The molecule has 10 nitrogen and oxygen atoms in total. The molecule has 2 amide bonds. The van der Waals surface area contributed by atoms with Crippen LogP contribution in [0.4, 0.5) is 4.79 Å². The lowest BCUT2D eigenvalue weighted by atomic mass is 9.86. The fourth-order valence-corrected chi connectivity index (χ4v) is 5.24. The van der Waals surface area contributed by atoms with Crippen LogP contribution in [0.5, 0.6) is 0 Å². The number of methoxy groups -OCH3 is 1. The van der Waals surface area contributed by atoms with Gasteiger partial charge in [-0.2, -0.15) is 0 Å². The van der Waals surface area contributed by atoms with Gasteiger partial charge < -0.3 is 24.4 Å². The van der Waals surface area contributed by atoms with E-state index in [4.69, 9.17) is 14.2 Å². The minimum absolute atomic E-state index is 0.0402. The van der Waals surface area contributed by atoms with Crippen molar-refractivity contribution in [1.29, 1.82) is 0 Å². The number of thiazole rings is 1. The maximum atomic E-state index is 12.9. The van der Waals surface area contributed by atoms with Gasteiger partial charge >= 0.3 is 18.0 Å². The van der Waals surface area contributed by atoms with Crippen molar-refractivity contribution in [1.82, 2.24) is 15.2 Å². The van der Waals surface area contributed by atoms with Gasteiger partial charge in [-0.05, 0) is 52.4 Å². The number of aromatic nitrogens is 1. The van der Waals surface area contributed by atoms with E-state index in [1.807, 2.05) is 13.8 Å². The van der Waals surface area contributed by atoms with Crippen LogP contribution in [0.15, 0.2) is 5.38 Å². The van der Waals surface area contributed by atoms with Crippen molar-refractivity contribution in [3.63, 3.8) is 0 Å². The van der Waals surface area contributed by atoms with Gasteiger partial charge in [0.25, 0.3) is 5.91 Å². The number of rotatable bonds is 9. The maximum absolute atomic E-state index is 12.9. The molecule has 1 aliphatic rings. The van der Waals surface area contributed by atoms with Gasteiger partial charge in [-0.15, -0.1) is 11.3 Å². The molecule has 1 saturated carbocycles. The quantitative estimate of drug-likeness (QED) is 0.360.